The molecule has 0 aliphatic carbocycles. The third-order valence-corrected chi connectivity index (χ3v) is 26.8. The number of nitro groups is 2. The van der Waals surface area contributed by atoms with Gasteiger partial charge in [0, 0.05) is 82.0 Å². The highest BCUT2D eigenvalue weighted by Crippen LogP contribution is 2.45. The first-order chi connectivity index (χ1) is 72.6. The number of nitro benzene ring substituents is 2. The number of rotatable bonds is 82. The van der Waals surface area contributed by atoms with Crippen LogP contribution in [0.1, 0.15) is 481 Å². The summed E-state index contributed by atoms with van der Waals surface area (Å²) in [5.41, 5.74) is 10.5. The minimum Gasteiger partial charge on any atom is -0.490 e. The third-order valence-electron chi connectivity index (χ3n) is 26.6. The number of hydrogen-bond acceptors (Lipinski definition) is 22. The number of halogens is 1. The molecule has 5 N–H and O–H groups in total. The van der Waals surface area contributed by atoms with Crippen molar-refractivity contribution in [2.24, 2.45) is 5.84 Å². The number of hydrazine groups is 2. The van der Waals surface area contributed by atoms with Gasteiger partial charge in [-0.3, -0.25) is 55.7 Å². The SMILES string of the molecule is C1CCOC1.CCCCCCCCCCCCOc1cc(-c2nnc(-c3ccc(C(=O)NN)cc3)o2)cc(OCCCCCCCCCCCC)c1OCCCCCCCCCCCC.CCCCCCCCCCCCOc1cc(-c2nnc(-c3ccc(C(=O)NNC(=O)c4ccc([N+](=O)[O-])cc4)cc3)o2)cc(OCCCCCCCCCCCC)c1OCCCCCCCCCCCC.O=C(Cl)c1ccc([N+](=O)[O-])cc1. The van der Waals surface area contributed by atoms with Gasteiger partial charge in [0.15, 0.2) is 23.0 Å². The van der Waals surface area contributed by atoms with Gasteiger partial charge in [-0.05, 0) is 160 Å². The largest absolute Gasteiger partial charge is 0.490 e. The molecule has 2 aromatic heterocycles. The van der Waals surface area contributed by atoms with Gasteiger partial charge in [0.25, 0.3) is 34.3 Å². The molecule has 27 nitrogen and oxygen atoms in total. The highest BCUT2D eigenvalue weighted by atomic mass is 35.5. The van der Waals surface area contributed by atoms with Crippen molar-refractivity contribution in [1.82, 2.24) is 36.7 Å². The van der Waals surface area contributed by atoms with Crippen molar-refractivity contribution >= 4 is 45.9 Å². The summed E-state index contributed by atoms with van der Waals surface area (Å²) >= 11 is 5.13. The second-order valence-corrected chi connectivity index (χ2v) is 39.7. The molecule has 0 bridgehead atoms. The number of non-ortho nitro benzene ring substituents is 2. The Morgan fingerprint density at radius 2 is 0.493 bits per heavy atom. The fraction of sp³-hybridized carbons (Fsp3) is 0.633. The van der Waals surface area contributed by atoms with Gasteiger partial charge >= 0.3 is 0 Å². The van der Waals surface area contributed by atoms with Crippen molar-refractivity contribution in [2.75, 3.05) is 52.9 Å². The first-order valence-corrected chi connectivity index (χ1v) is 57.8. The lowest BCUT2D eigenvalue weighted by molar-refractivity contribution is -0.385. The van der Waals surface area contributed by atoms with Crippen LogP contribution in [-0.4, -0.2) is 106 Å². The Morgan fingerprint density at radius 3 is 0.703 bits per heavy atom. The zero-order chi connectivity index (χ0) is 106. The number of benzene rings is 6. The minimum atomic E-state index is -0.620. The predicted octanol–water partition coefficient (Wildman–Crippen LogP) is 34.0. The first-order valence-electron chi connectivity index (χ1n) is 57.5. The summed E-state index contributed by atoms with van der Waals surface area (Å²) in [6.07, 6.45) is 78.0. The summed E-state index contributed by atoms with van der Waals surface area (Å²) in [6, 6.07) is 31.4. The van der Waals surface area contributed by atoms with Crippen LogP contribution >= 0.6 is 11.6 Å². The number of nitrogens with one attached hydrogen (secondary N) is 3. The van der Waals surface area contributed by atoms with E-state index < -0.39 is 26.9 Å². The lowest BCUT2D eigenvalue weighted by Gasteiger charge is -2.18. The molecule has 1 aliphatic rings. The Kier molecular flexibility index (Phi) is 71.0. The molecular weight excluding hydrogens is 1890 g/mol. The molecule has 0 radical (unpaired) electrons. The smallest absolute Gasteiger partial charge is 0.269 e. The monoisotopic (exact) mass is 2070 g/mol. The molecule has 1 saturated heterocycles. The Morgan fingerprint density at radius 1 is 0.291 bits per heavy atom. The summed E-state index contributed by atoms with van der Waals surface area (Å²) < 4.78 is 56.9. The van der Waals surface area contributed by atoms with E-state index in [4.69, 9.17) is 59.4 Å². The number of ether oxygens (including phenoxy) is 7. The average molecular weight is 2070 g/mol. The van der Waals surface area contributed by atoms with Crippen LogP contribution in [0.5, 0.6) is 34.5 Å². The van der Waals surface area contributed by atoms with E-state index in [1.54, 1.807) is 48.5 Å². The molecule has 8 aromatic rings. The summed E-state index contributed by atoms with van der Waals surface area (Å²) in [4.78, 5) is 68.0. The van der Waals surface area contributed by atoms with Crippen molar-refractivity contribution in [3.8, 4) is 80.3 Å². The zero-order valence-corrected chi connectivity index (χ0v) is 91.9. The van der Waals surface area contributed by atoms with Crippen LogP contribution in [0.4, 0.5) is 11.4 Å². The van der Waals surface area contributed by atoms with Gasteiger partial charge in [0.2, 0.25) is 35.1 Å². The fourth-order valence-corrected chi connectivity index (χ4v) is 17.6. The first kappa shape index (κ1) is 126. The van der Waals surface area contributed by atoms with E-state index in [1.165, 1.54) is 370 Å². The van der Waals surface area contributed by atoms with E-state index in [0.29, 0.717) is 114 Å². The van der Waals surface area contributed by atoms with E-state index in [1.807, 2.05) is 24.3 Å². The maximum Gasteiger partial charge on any atom is 0.269 e. The number of aromatic nitrogens is 4. The molecular formula is C120H183ClN10O17. The number of unbranched alkanes of at least 4 members (excludes halogenated alkanes) is 54. The summed E-state index contributed by atoms with van der Waals surface area (Å²) in [7, 11) is 0. The normalized spacial score (nSPS) is 11.5. The van der Waals surface area contributed by atoms with E-state index >= 15 is 0 Å². The van der Waals surface area contributed by atoms with E-state index in [2.05, 4.69) is 78.2 Å². The molecule has 9 rings (SSSR count). The number of nitrogen functional groups attached to an aromatic ring is 1. The third kappa shape index (κ3) is 55.8. The van der Waals surface area contributed by atoms with Gasteiger partial charge in [0.1, 0.15) is 0 Å². The van der Waals surface area contributed by atoms with Gasteiger partial charge in [-0.15, -0.1) is 20.4 Å². The highest BCUT2D eigenvalue weighted by molar-refractivity contribution is 6.67. The van der Waals surface area contributed by atoms with Gasteiger partial charge in [-0.25, -0.2) is 5.84 Å². The van der Waals surface area contributed by atoms with Crippen molar-refractivity contribution in [3.63, 3.8) is 0 Å². The molecule has 1 aliphatic heterocycles. The van der Waals surface area contributed by atoms with E-state index in [0.717, 1.165) is 95.8 Å². The van der Waals surface area contributed by atoms with Crippen molar-refractivity contribution in [3.05, 3.63) is 164 Å². The molecule has 28 heteroatoms. The second-order valence-electron chi connectivity index (χ2n) is 39.3. The zero-order valence-electron chi connectivity index (χ0n) is 91.1. The van der Waals surface area contributed by atoms with Gasteiger partial charge in [-0.1, -0.05) is 388 Å². The summed E-state index contributed by atoms with van der Waals surface area (Å²) in [5.74, 6) is 8.90. The van der Waals surface area contributed by atoms with Gasteiger partial charge in [-0.2, -0.15) is 0 Å². The molecule has 6 aromatic carbocycles. The maximum atomic E-state index is 12.9. The van der Waals surface area contributed by atoms with Crippen LogP contribution in [0.2, 0.25) is 0 Å². The molecule has 3 amide bonds. The predicted molar refractivity (Wildman–Crippen MR) is 597 cm³/mol. The number of nitrogens with two attached hydrogens (primary N) is 1. The summed E-state index contributed by atoms with van der Waals surface area (Å²) in [6.45, 7) is 19.1. The van der Waals surface area contributed by atoms with Gasteiger partial charge < -0.3 is 42.0 Å². The van der Waals surface area contributed by atoms with E-state index in [9.17, 15) is 39.4 Å². The number of nitrogens with zero attached hydrogens (tertiary/aromatic N) is 6. The average Bonchev–Trinajstić information content (AvgIpc) is 1.47. The maximum absolute atomic E-state index is 12.9. The lowest BCUT2D eigenvalue weighted by atomic mass is 10.1. The second kappa shape index (κ2) is 83.2. The Bertz CT molecular complexity index is 4650. The molecule has 148 heavy (non-hydrogen) atoms. The quantitative estimate of drug-likeness (QED) is 0.00687. The van der Waals surface area contributed by atoms with Crippen LogP contribution in [0, 0.1) is 20.2 Å². The molecule has 0 unspecified atom stereocenters. The summed E-state index contributed by atoms with van der Waals surface area (Å²) in [5, 5.41) is 38.1. The van der Waals surface area contributed by atoms with Crippen LogP contribution in [-0.2, 0) is 4.74 Å². The van der Waals surface area contributed by atoms with Crippen molar-refractivity contribution in [1.29, 1.82) is 0 Å². The fourth-order valence-electron chi connectivity index (χ4n) is 17.5. The lowest BCUT2D eigenvalue weighted by Crippen LogP contribution is -2.41. The number of carbonyl (C=O) groups is 4. The van der Waals surface area contributed by atoms with Gasteiger partial charge in [0.05, 0.1) is 49.5 Å². The molecule has 3 heterocycles. The molecule has 0 spiro atoms. The van der Waals surface area contributed by atoms with Crippen LogP contribution in [0.25, 0.3) is 45.8 Å². The molecule has 0 saturated carbocycles. The Hall–Kier alpha value is -10.5. The standard InChI is InChI=1S/C58H87N5O8.C51H84N4O5.C7H4ClNO3.C4H8O/c1-4-7-10-13-16-19-22-25-28-31-42-68-52-45-50(58-62-61-57(71-58)49-36-34-47(35-37-49)55(64)59-60-56(65)48-38-40-51(41-39-48)63(66)67)46-53(69-43-32-29-26-23-20-17-14-11-8-5-2)54(52)70-44-33-30-27-24-21-18-15-12-9-6-3;1-4-7-10-13-16-19-22-25-28-31-38-57-46-41-45(51-55-54-50(60-51)44-36-34-43(35-37-44)49(56)53-52)42-47(58-39-32-29-26-23-20-17-14-11-8-5-2)48(46)59-40-33-30-27-24-21-18-15-12-9-6-3;8-7(10)5-1-3-6(4-2-5)9(11)12;1-2-4-5-3-1/h34-41,45-46H,4-33,42-44H2,1-3H3,(H,59,64)(H,60,65);34-37,41-42H,4-33,38-40,52H2,1-3H3,(H,53,56);1-4H;1-4H2. The van der Waals surface area contributed by atoms with Crippen LogP contribution in [0.3, 0.4) is 0 Å². The van der Waals surface area contributed by atoms with Crippen molar-refractivity contribution in [2.45, 2.75) is 440 Å². The highest BCUT2D eigenvalue weighted by Gasteiger charge is 2.25. The van der Waals surface area contributed by atoms with Crippen LogP contribution in [0.15, 0.2) is 130 Å². The van der Waals surface area contributed by atoms with Crippen molar-refractivity contribution < 1.29 is 71.0 Å². The Labute approximate surface area is 890 Å². The molecule has 822 valence electrons. The van der Waals surface area contributed by atoms with E-state index in [-0.39, 0.29) is 39.9 Å². The number of carbonyl (C=O) groups excluding carboxylic acids is 4. The molecule has 0 atom stereocenters. The topological polar surface area (TPSA) is 359 Å². The molecule has 1 fully saturated rings. The van der Waals surface area contributed by atoms with Crippen LogP contribution < -0.4 is 50.5 Å². The number of amides is 3. The number of hydrogen-bond donors (Lipinski definition) is 4. The minimum absolute atomic E-state index is 0.0586. The Balaban J connectivity index is 0.000000391.